The summed E-state index contributed by atoms with van der Waals surface area (Å²) in [6, 6.07) is 11.8. The maximum Gasteiger partial charge on any atom is 0.226 e. The maximum atomic E-state index is 6.10. The van der Waals surface area contributed by atoms with E-state index in [9.17, 15) is 0 Å². The molecule has 0 aliphatic carbocycles. The summed E-state index contributed by atoms with van der Waals surface area (Å²) in [5.41, 5.74) is 2.96. The third-order valence-corrected chi connectivity index (χ3v) is 4.93. The van der Waals surface area contributed by atoms with E-state index < -0.39 is 0 Å². The topological polar surface area (TPSA) is 69.0 Å². The van der Waals surface area contributed by atoms with Crippen LogP contribution >= 0.6 is 11.6 Å². The first-order valence-corrected chi connectivity index (χ1v) is 8.52. The fourth-order valence-electron chi connectivity index (χ4n) is 3.52. The van der Waals surface area contributed by atoms with Gasteiger partial charge < -0.3 is 9.64 Å². The highest BCUT2D eigenvalue weighted by molar-refractivity contribution is 6.29. The van der Waals surface area contributed by atoms with Gasteiger partial charge in [0.2, 0.25) is 5.95 Å². The van der Waals surface area contributed by atoms with E-state index in [2.05, 4.69) is 25.2 Å². The van der Waals surface area contributed by atoms with Crippen molar-refractivity contribution in [2.75, 3.05) is 18.0 Å². The lowest BCUT2D eigenvalue weighted by Crippen LogP contribution is -2.32. The molecule has 0 unspecified atom stereocenters. The molecule has 126 valence electrons. The van der Waals surface area contributed by atoms with Gasteiger partial charge in [-0.1, -0.05) is 47.1 Å². The van der Waals surface area contributed by atoms with Gasteiger partial charge in [-0.3, -0.25) is 0 Å². The number of benzene rings is 1. The summed E-state index contributed by atoms with van der Waals surface area (Å²) in [6.07, 6.45) is 1.71. The normalized spacial score (nSPS) is 21.9. The van der Waals surface area contributed by atoms with E-state index in [1.165, 1.54) is 0 Å². The molecular weight excluding hydrogens is 340 g/mol. The summed E-state index contributed by atoms with van der Waals surface area (Å²) in [5.74, 6) is 0.621. The van der Waals surface area contributed by atoms with Gasteiger partial charge in [-0.05, 0) is 6.07 Å². The molecule has 0 saturated carbocycles. The van der Waals surface area contributed by atoms with Crippen molar-refractivity contribution in [2.45, 2.75) is 18.8 Å². The maximum absolute atomic E-state index is 6.10. The lowest BCUT2D eigenvalue weighted by Gasteiger charge is -2.26. The first-order valence-electron chi connectivity index (χ1n) is 8.14. The minimum atomic E-state index is 0.0420. The number of anilines is 1. The van der Waals surface area contributed by atoms with Gasteiger partial charge in [0.05, 0.1) is 24.4 Å². The van der Waals surface area contributed by atoms with E-state index in [0.29, 0.717) is 24.3 Å². The second-order valence-electron chi connectivity index (χ2n) is 6.20. The molecule has 2 aromatic heterocycles. The van der Waals surface area contributed by atoms with Crippen molar-refractivity contribution < 1.29 is 4.74 Å². The number of nitrogens with zero attached hydrogens (tertiary/aromatic N) is 6. The molecule has 4 heterocycles. The molecule has 2 aliphatic rings. The Morgan fingerprint density at radius 1 is 1.12 bits per heavy atom. The van der Waals surface area contributed by atoms with Crippen LogP contribution in [0.25, 0.3) is 11.3 Å². The van der Waals surface area contributed by atoms with Crippen LogP contribution in [0.4, 0.5) is 5.95 Å². The molecule has 7 nitrogen and oxygen atoms in total. The van der Waals surface area contributed by atoms with Crippen molar-refractivity contribution in [3.05, 3.63) is 53.4 Å². The van der Waals surface area contributed by atoms with Crippen LogP contribution in [0, 0.1) is 0 Å². The summed E-state index contributed by atoms with van der Waals surface area (Å²) in [7, 11) is 0. The summed E-state index contributed by atoms with van der Waals surface area (Å²) < 4.78 is 8.10. The lowest BCUT2D eigenvalue weighted by atomic mass is 10.1. The van der Waals surface area contributed by atoms with Crippen LogP contribution in [0.15, 0.2) is 42.6 Å². The minimum absolute atomic E-state index is 0.0420. The van der Waals surface area contributed by atoms with E-state index in [1.807, 2.05) is 35.0 Å². The van der Waals surface area contributed by atoms with Crippen molar-refractivity contribution in [3.8, 4) is 11.3 Å². The molecule has 0 amide bonds. The molecule has 25 heavy (non-hydrogen) atoms. The Balaban J connectivity index is 1.47. The average Bonchev–Trinajstić information content (AvgIpc) is 3.26. The van der Waals surface area contributed by atoms with Gasteiger partial charge in [0, 0.05) is 24.8 Å². The standard InChI is InChI=1S/C17H15ClN6O/c18-15-6-7-19-17(20-15)23-8-12-14(9-23)25-10-13-16(21-22-24(12)13)11-4-2-1-3-5-11/h1-7,12,14H,8-10H2/t12-,14-/m1/s1. The van der Waals surface area contributed by atoms with Crippen LogP contribution < -0.4 is 4.90 Å². The van der Waals surface area contributed by atoms with Gasteiger partial charge >= 0.3 is 0 Å². The summed E-state index contributed by atoms with van der Waals surface area (Å²) in [4.78, 5) is 10.7. The molecule has 8 heteroatoms. The summed E-state index contributed by atoms with van der Waals surface area (Å²) in [5, 5.41) is 9.26. The zero-order chi connectivity index (χ0) is 16.8. The van der Waals surface area contributed by atoms with Crippen LogP contribution in [0.5, 0.6) is 0 Å². The zero-order valence-electron chi connectivity index (χ0n) is 13.3. The molecule has 2 aliphatic heterocycles. The molecule has 1 fully saturated rings. The Morgan fingerprint density at radius 3 is 2.84 bits per heavy atom. The SMILES string of the molecule is Clc1ccnc(N2C[C@@H]3[C@@H](C2)OCc2c(-c4ccccc4)nnn23)n1. The molecule has 0 spiro atoms. The molecular formula is C17H15ClN6O. The molecule has 0 bridgehead atoms. The van der Waals surface area contributed by atoms with Crippen LogP contribution in [0.1, 0.15) is 11.7 Å². The number of halogens is 1. The molecule has 0 radical (unpaired) electrons. The zero-order valence-corrected chi connectivity index (χ0v) is 14.0. The number of hydrogen-bond donors (Lipinski definition) is 0. The van der Waals surface area contributed by atoms with Crippen molar-refractivity contribution in [1.29, 1.82) is 0 Å². The second-order valence-corrected chi connectivity index (χ2v) is 6.58. The van der Waals surface area contributed by atoms with Crippen molar-refractivity contribution in [3.63, 3.8) is 0 Å². The first-order chi connectivity index (χ1) is 12.3. The van der Waals surface area contributed by atoms with E-state index in [0.717, 1.165) is 23.5 Å². The lowest BCUT2D eigenvalue weighted by molar-refractivity contribution is -0.00227. The predicted octanol–water partition coefficient (Wildman–Crippen LogP) is 2.35. The van der Waals surface area contributed by atoms with Gasteiger partial charge in [0.15, 0.2) is 0 Å². The van der Waals surface area contributed by atoms with E-state index in [4.69, 9.17) is 16.3 Å². The smallest absolute Gasteiger partial charge is 0.226 e. The number of fused-ring (bicyclic) bond motifs is 3. The number of hydrogen-bond acceptors (Lipinski definition) is 6. The van der Waals surface area contributed by atoms with Gasteiger partial charge in [-0.25, -0.2) is 14.6 Å². The van der Waals surface area contributed by atoms with E-state index in [1.54, 1.807) is 12.3 Å². The van der Waals surface area contributed by atoms with Crippen molar-refractivity contribution in [2.24, 2.45) is 0 Å². The number of rotatable bonds is 2. The van der Waals surface area contributed by atoms with E-state index in [-0.39, 0.29) is 12.1 Å². The van der Waals surface area contributed by atoms with Gasteiger partial charge in [0.25, 0.3) is 0 Å². The van der Waals surface area contributed by atoms with Gasteiger partial charge in [-0.2, -0.15) is 0 Å². The quantitative estimate of drug-likeness (QED) is 0.658. The van der Waals surface area contributed by atoms with Gasteiger partial charge in [0.1, 0.15) is 10.8 Å². The molecule has 2 atom stereocenters. The largest absolute Gasteiger partial charge is 0.368 e. The molecule has 0 N–H and O–H groups in total. The van der Waals surface area contributed by atoms with Crippen LogP contribution in [-0.4, -0.2) is 44.2 Å². The highest BCUT2D eigenvalue weighted by Gasteiger charge is 2.41. The average molecular weight is 355 g/mol. The highest BCUT2D eigenvalue weighted by Crippen LogP contribution is 2.35. The molecule has 1 saturated heterocycles. The highest BCUT2D eigenvalue weighted by atomic mass is 35.5. The Hall–Kier alpha value is -2.51. The Kier molecular flexibility index (Phi) is 3.43. The van der Waals surface area contributed by atoms with Crippen LogP contribution in [-0.2, 0) is 11.3 Å². The van der Waals surface area contributed by atoms with E-state index >= 15 is 0 Å². The molecule has 3 aromatic rings. The fraction of sp³-hybridized carbons (Fsp3) is 0.294. The van der Waals surface area contributed by atoms with Crippen LogP contribution in [0.3, 0.4) is 0 Å². The Bertz CT molecular complexity index is 915. The first kappa shape index (κ1) is 14.8. The van der Waals surface area contributed by atoms with Crippen LogP contribution in [0.2, 0.25) is 5.15 Å². The van der Waals surface area contributed by atoms with Gasteiger partial charge in [-0.15, -0.1) is 5.10 Å². The molecule has 1 aromatic carbocycles. The fourth-order valence-corrected chi connectivity index (χ4v) is 3.65. The minimum Gasteiger partial charge on any atom is -0.368 e. The Labute approximate surface area is 149 Å². The number of ether oxygens (including phenoxy) is 1. The Morgan fingerprint density at radius 2 is 2.00 bits per heavy atom. The van der Waals surface area contributed by atoms with Crippen molar-refractivity contribution in [1.82, 2.24) is 25.0 Å². The second kappa shape index (κ2) is 5.79. The van der Waals surface area contributed by atoms with Crippen molar-refractivity contribution >= 4 is 17.5 Å². The number of aromatic nitrogens is 5. The predicted molar refractivity (Wildman–Crippen MR) is 92.3 cm³/mol. The summed E-state index contributed by atoms with van der Waals surface area (Å²) in [6.45, 7) is 1.93. The third-order valence-electron chi connectivity index (χ3n) is 4.72. The molecule has 5 rings (SSSR count). The monoisotopic (exact) mass is 354 g/mol. The third kappa shape index (κ3) is 2.47. The summed E-state index contributed by atoms with van der Waals surface area (Å²) >= 11 is 5.99.